The number of para-hydroxylation sites is 1. The van der Waals surface area contributed by atoms with E-state index in [4.69, 9.17) is 5.11 Å². The number of likely N-dealkylation sites (tertiary alicyclic amines) is 1. The van der Waals surface area contributed by atoms with E-state index in [1.165, 1.54) is 12.8 Å². The molecule has 0 spiro atoms. The summed E-state index contributed by atoms with van der Waals surface area (Å²) in [7, 11) is 0. The van der Waals surface area contributed by atoms with Crippen molar-refractivity contribution in [1.29, 1.82) is 0 Å². The average molecular weight is 338 g/mol. The van der Waals surface area contributed by atoms with E-state index in [0.29, 0.717) is 16.8 Å². The van der Waals surface area contributed by atoms with Gasteiger partial charge < -0.3 is 10.4 Å². The Morgan fingerprint density at radius 3 is 2.56 bits per heavy atom. The van der Waals surface area contributed by atoms with Gasteiger partial charge in [0.05, 0.1) is 6.42 Å². The number of anilines is 1. The van der Waals surface area contributed by atoms with Crippen molar-refractivity contribution in [3.8, 4) is 0 Å². The molecule has 1 aliphatic rings. The van der Waals surface area contributed by atoms with E-state index in [1.54, 1.807) is 30.3 Å². The lowest BCUT2D eigenvalue weighted by atomic mass is 10.1. The van der Waals surface area contributed by atoms with Gasteiger partial charge in [-0.1, -0.05) is 30.3 Å². The van der Waals surface area contributed by atoms with Crippen LogP contribution in [0.3, 0.4) is 0 Å². The Morgan fingerprint density at radius 2 is 1.80 bits per heavy atom. The molecule has 3 rings (SSSR count). The summed E-state index contributed by atoms with van der Waals surface area (Å²) in [5.41, 5.74) is 2.84. The molecule has 1 heterocycles. The lowest BCUT2D eigenvalue weighted by molar-refractivity contribution is -0.136. The summed E-state index contributed by atoms with van der Waals surface area (Å²) in [6.07, 6.45) is 2.35. The van der Waals surface area contributed by atoms with E-state index in [-0.39, 0.29) is 12.3 Å². The monoisotopic (exact) mass is 338 g/mol. The van der Waals surface area contributed by atoms with Gasteiger partial charge in [0.15, 0.2) is 0 Å². The van der Waals surface area contributed by atoms with E-state index >= 15 is 0 Å². The number of amides is 1. The molecule has 0 aromatic heterocycles. The molecule has 0 unspecified atom stereocenters. The summed E-state index contributed by atoms with van der Waals surface area (Å²) in [6.45, 7) is 3.08. The largest absolute Gasteiger partial charge is 0.481 e. The van der Waals surface area contributed by atoms with Gasteiger partial charge in [-0.15, -0.1) is 0 Å². The average Bonchev–Trinajstić information content (AvgIpc) is 3.09. The van der Waals surface area contributed by atoms with Gasteiger partial charge in [-0.25, -0.2) is 0 Å². The number of carbonyl (C=O) groups excluding carboxylic acids is 1. The van der Waals surface area contributed by atoms with E-state index < -0.39 is 5.97 Å². The van der Waals surface area contributed by atoms with Crippen molar-refractivity contribution in [1.82, 2.24) is 4.90 Å². The van der Waals surface area contributed by atoms with E-state index in [0.717, 1.165) is 25.2 Å². The first-order valence-corrected chi connectivity index (χ1v) is 8.54. The minimum atomic E-state index is -0.922. The van der Waals surface area contributed by atoms with Gasteiger partial charge in [0.2, 0.25) is 0 Å². The molecule has 130 valence electrons. The number of carboxylic acids is 1. The van der Waals surface area contributed by atoms with Crippen LogP contribution in [-0.2, 0) is 17.8 Å². The number of hydrogen-bond acceptors (Lipinski definition) is 3. The molecule has 0 atom stereocenters. The zero-order valence-electron chi connectivity index (χ0n) is 14.1. The van der Waals surface area contributed by atoms with E-state index in [2.05, 4.69) is 10.2 Å². The van der Waals surface area contributed by atoms with Crippen LogP contribution in [-0.4, -0.2) is 35.0 Å². The first kappa shape index (κ1) is 17.2. The second-order valence-corrected chi connectivity index (χ2v) is 6.37. The highest BCUT2D eigenvalue weighted by Gasteiger charge is 2.14. The Bertz CT molecular complexity index is 767. The Labute approximate surface area is 147 Å². The smallest absolute Gasteiger partial charge is 0.307 e. The standard InChI is InChI=1S/C20H22N2O3/c23-19(24)13-16-7-1-2-9-18(16)21-20(25)17-8-5-6-15(12-17)14-22-10-3-4-11-22/h1-2,5-9,12H,3-4,10-11,13-14H2,(H,21,25)(H,23,24). The molecule has 1 aliphatic heterocycles. The Kier molecular flexibility index (Phi) is 5.46. The number of aliphatic carboxylic acids is 1. The van der Waals surface area contributed by atoms with Gasteiger partial charge in [0.25, 0.3) is 5.91 Å². The number of carbonyl (C=O) groups is 2. The normalized spacial score (nSPS) is 14.4. The highest BCUT2D eigenvalue weighted by atomic mass is 16.4. The lowest BCUT2D eigenvalue weighted by Crippen LogP contribution is -2.19. The molecule has 1 amide bonds. The molecule has 0 aliphatic carbocycles. The predicted molar refractivity (Wildman–Crippen MR) is 96.7 cm³/mol. The quantitative estimate of drug-likeness (QED) is 0.849. The van der Waals surface area contributed by atoms with Crippen LogP contribution in [0.5, 0.6) is 0 Å². The predicted octanol–water partition coefficient (Wildman–Crippen LogP) is 3.16. The number of hydrogen-bond donors (Lipinski definition) is 2. The van der Waals surface area contributed by atoms with Crippen LogP contribution in [0.15, 0.2) is 48.5 Å². The van der Waals surface area contributed by atoms with Gasteiger partial charge in [-0.05, 0) is 55.3 Å². The van der Waals surface area contributed by atoms with Gasteiger partial charge in [0, 0.05) is 17.8 Å². The summed E-state index contributed by atoms with van der Waals surface area (Å²) >= 11 is 0. The van der Waals surface area contributed by atoms with E-state index in [9.17, 15) is 9.59 Å². The molecular formula is C20H22N2O3. The number of nitrogens with zero attached hydrogens (tertiary/aromatic N) is 1. The van der Waals surface area contributed by atoms with Crippen LogP contribution in [0.1, 0.15) is 34.3 Å². The second kappa shape index (κ2) is 7.94. The summed E-state index contributed by atoms with van der Waals surface area (Å²) in [5.74, 6) is -1.14. The maximum atomic E-state index is 12.6. The number of nitrogens with one attached hydrogen (secondary N) is 1. The molecule has 2 aromatic carbocycles. The van der Waals surface area contributed by atoms with Crippen molar-refractivity contribution >= 4 is 17.6 Å². The fourth-order valence-corrected chi connectivity index (χ4v) is 3.16. The first-order chi connectivity index (χ1) is 12.1. The molecule has 2 N–H and O–H groups in total. The van der Waals surface area contributed by atoms with Crippen LogP contribution in [0, 0.1) is 0 Å². The Balaban J connectivity index is 1.72. The fraction of sp³-hybridized carbons (Fsp3) is 0.300. The summed E-state index contributed by atoms with van der Waals surface area (Å²) in [6, 6.07) is 14.6. The Hall–Kier alpha value is -2.66. The number of carboxylic acid groups (broad SMARTS) is 1. The van der Waals surface area contributed by atoms with Gasteiger partial charge >= 0.3 is 5.97 Å². The topological polar surface area (TPSA) is 69.6 Å². The van der Waals surface area contributed by atoms with Gasteiger partial charge in [-0.2, -0.15) is 0 Å². The third kappa shape index (κ3) is 4.67. The fourth-order valence-electron chi connectivity index (χ4n) is 3.16. The Morgan fingerprint density at radius 1 is 1.04 bits per heavy atom. The third-order valence-corrected chi connectivity index (χ3v) is 4.40. The molecule has 2 aromatic rings. The van der Waals surface area contributed by atoms with Gasteiger partial charge in [0.1, 0.15) is 0 Å². The van der Waals surface area contributed by atoms with Crippen LogP contribution in [0.25, 0.3) is 0 Å². The van der Waals surface area contributed by atoms with E-state index in [1.807, 2.05) is 18.2 Å². The van der Waals surface area contributed by atoms with Crippen LogP contribution < -0.4 is 5.32 Å². The minimum absolute atomic E-state index is 0.120. The number of rotatable bonds is 6. The van der Waals surface area contributed by atoms with Crippen molar-refractivity contribution in [3.63, 3.8) is 0 Å². The van der Waals surface area contributed by atoms with Crippen LogP contribution in [0.4, 0.5) is 5.69 Å². The molecule has 0 saturated carbocycles. The van der Waals surface area contributed by atoms with Crippen molar-refractivity contribution < 1.29 is 14.7 Å². The van der Waals surface area contributed by atoms with Gasteiger partial charge in [-0.3, -0.25) is 14.5 Å². The van der Waals surface area contributed by atoms with Crippen molar-refractivity contribution in [2.24, 2.45) is 0 Å². The maximum Gasteiger partial charge on any atom is 0.307 e. The molecule has 0 radical (unpaired) electrons. The summed E-state index contributed by atoms with van der Waals surface area (Å²) in [5, 5.41) is 11.8. The molecule has 0 bridgehead atoms. The highest BCUT2D eigenvalue weighted by molar-refractivity contribution is 6.05. The zero-order valence-corrected chi connectivity index (χ0v) is 14.1. The van der Waals surface area contributed by atoms with Crippen molar-refractivity contribution in [2.45, 2.75) is 25.8 Å². The molecule has 1 saturated heterocycles. The second-order valence-electron chi connectivity index (χ2n) is 6.37. The number of benzene rings is 2. The molecule has 5 heteroatoms. The molecule has 25 heavy (non-hydrogen) atoms. The summed E-state index contributed by atoms with van der Waals surface area (Å²) < 4.78 is 0. The van der Waals surface area contributed by atoms with Crippen LogP contribution in [0.2, 0.25) is 0 Å². The summed E-state index contributed by atoms with van der Waals surface area (Å²) in [4.78, 5) is 25.9. The van der Waals surface area contributed by atoms with Crippen LogP contribution >= 0.6 is 0 Å². The third-order valence-electron chi connectivity index (χ3n) is 4.40. The SMILES string of the molecule is O=C(O)Cc1ccccc1NC(=O)c1cccc(CN2CCCC2)c1. The molecule has 5 nitrogen and oxygen atoms in total. The zero-order chi connectivity index (χ0) is 17.6. The van der Waals surface area contributed by atoms with Crippen molar-refractivity contribution in [2.75, 3.05) is 18.4 Å². The molecular weight excluding hydrogens is 316 g/mol. The highest BCUT2D eigenvalue weighted by Crippen LogP contribution is 2.18. The first-order valence-electron chi connectivity index (χ1n) is 8.54. The van der Waals surface area contributed by atoms with Crippen molar-refractivity contribution in [3.05, 3.63) is 65.2 Å². The maximum absolute atomic E-state index is 12.6. The minimum Gasteiger partial charge on any atom is -0.481 e. The lowest BCUT2D eigenvalue weighted by Gasteiger charge is -2.15. The molecule has 1 fully saturated rings.